The Hall–Kier alpha value is -2.18. The summed E-state index contributed by atoms with van der Waals surface area (Å²) in [5.41, 5.74) is 1.91. The Kier molecular flexibility index (Phi) is 4.19. The molecule has 0 amide bonds. The highest BCUT2D eigenvalue weighted by molar-refractivity contribution is 7.90. The second kappa shape index (κ2) is 6.14. The number of benzene rings is 2. The Bertz CT molecular complexity index is 914. The molecule has 0 radical (unpaired) electrons. The van der Waals surface area contributed by atoms with Gasteiger partial charge < -0.3 is 4.74 Å². The standard InChI is InChI=1S/C17H15NO3S2/c1-21-16-15(12-8-10-14(11-9-12)23(2,19)20)22-17(18-16)13-6-4-3-5-7-13/h3-11H,1-2H3. The number of methoxy groups -OCH3 is 1. The van der Waals surface area contributed by atoms with Crippen molar-refractivity contribution in [2.75, 3.05) is 13.4 Å². The molecule has 0 saturated heterocycles. The van der Waals surface area contributed by atoms with Crippen molar-refractivity contribution in [3.8, 4) is 26.9 Å². The minimum absolute atomic E-state index is 0.299. The van der Waals surface area contributed by atoms with E-state index in [9.17, 15) is 8.42 Å². The Morgan fingerprint density at radius 3 is 2.17 bits per heavy atom. The highest BCUT2D eigenvalue weighted by atomic mass is 32.2. The fraction of sp³-hybridized carbons (Fsp3) is 0.118. The molecule has 0 saturated carbocycles. The molecular weight excluding hydrogens is 330 g/mol. The maximum Gasteiger partial charge on any atom is 0.232 e. The van der Waals surface area contributed by atoms with Gasteiger partial charge in [-0.25, -0.2) is 13.4 Å². The predicted molar refractivity (Wildman–Crippen MR) is 92.6 cm³/mol. The van der Waals surface area contributed by atoms with E-state index >= 15 is 0 Å². The van der Waals surface area contributed by atoms with E-state index in [2.05, 4.69) is 4.98 Å². The van der Waals surface area contributed by atoms with Crippen LogP contribution >= 0.6 is 11.3 Å². The molecule has 4 nitrogen and oxygen atoms in total. The molecule has 23 heavy (non-hydrogen) atoms. The van der Waals surface area contributed by atoms with Crippen LogP contribution in [-0.2, 0) is 9.84 Å². The number of hydrogen-bond donors (Lipinski definition) is 0. The number of aromatic nitrogens is 1. The van der Waals surface area contributed by atoms with E-state index in [1.165, 1.54) is 17.6 Å². The van der Waals surface area contributed by atoms with Crippen LogP contribution in [0.25, 0.3) is 21.0 Å². The third kappa shape index (κ3) is 3.28. The molecule has 0 aliphatic carbocycles. The third-order valence-corrected chi connectivity index (χ3v) is 5.62. The summed E-state index contributed by atoms with van der Waals surface area (Å²) in [7, 11) is -1.62. The molecule has 6 heteroatoms. The van der Waals surface area contributed by atoms with Crippen LogP contribution in [0.4, 0.5) is 0 Å². The van der Waals surface area contributed by atoms with Crippen LogP contribution in [-0.4, -0.2) is 26.8 Å². The average Bonchev–Trinajstić information content (AvgIpc) is 2.99. The first kappa shape index (κ1) is 15.7. The predicted octanol–water partition coefficient (Wildman–Crippen LogP) is 3.89. The van der Waals surface area contributed by atoms with Gasteiger partial charge in [0.1, 0.15) is 5.01 Å². The zero-order valence-corrected chi connectivity index (χ0v) is 14.3. The van der Waals surface area contributed by atoms with Crippen LogP contribution in [0.5, 0.6) is 5.88 Å². The zero-order chi connectivity index (χ0) is 16.4. The number of hydrogen-bond acceptors (Lipinski definition) is 5. The number of sulfone groups is 1. The zero-order valence-electron chi connectivity index (χ0n) is 12.7. The van der Waals surface area contributed by atoms with Crippen molar-refractivity contribution in [2.24, 2.45) is 0 Å². The van der Waals surface area contributed by atoms with E-state index in [4.69, 9.17) is 4.74 Å². The Balaban J connectivity index is 2.04. The van der Waals surface area contributed by atoms with Gasteiger partial charge in [0.2, 0.25) is 5.88 Å². The van der Waals surface area contributed by atoms with Gasteiger partial charge >= 0.3 is 0 Å². The van der Waals surface area contributed by atoms with Gasteiger partial charge in [-0.15, -0.1) is 11.3 Å². The Morgan fingerprint density at radius 1 is 0.957 bits per heavy atom. The first-order valence-electron chi connectivity index (χ1n) is 6.90. The van der Waals surface area contributed by atoms with Crippen LogP contribution in [0.1, 0.15) is 0 Å². The Labute approximate surface area is 139 Å². The molecule has 0 aliphatic heterocycles. The van der Waals surface area contributed by atoms with Crippen LogP contribution in [0, 0.1) is 0 Å². The highest BCUT2D eigenvalue weighted by Gasteiger charge is 2.16. The van der Waals surface area contributed by atoms with Crippen molar-refractivity contribution in [3.63, 3.8) is 0 Å². The molecular formula is C17H15NO3S2. The van der Waals surface area contributed by atoms with Crippen molar-refractivity contribution in [3.05, 3.63) is 54.6 Å². The van der Waals surface area contributed by atoms with Crippen LogP contribution in [0.2, 0.25) is 0 Å². The first-order chi connectivity index (χ1) is 11.0. The SMILES string of the molecule is COc1nc(-c2ccccc2)sc1-c1ccc(S(C)(=O)=O)cc1. The summed E-state index contributed by atoms with van der Waals surface area (Å²) in [5.74, 6) is 0.543. The third-order valence-electron chi connectivity index (χ3n) is 3.35. The molecule has 0 atom stereocenters. The highest BCUT2D eigenvalue weighted by Crippen LogP contribution is 2.39. The summed E-state index contributed by atoms with van der Waals surface area (Å²) in [6.45, 7) is 0. The summed E-state index contributed by atoms with van der Waals surface area (Å²) in [5, 5.41) is 0.865. The van der Waals surface area contributed by atoms with Crippen molar-refractivity contribution in [1.82, 2.24) is 4.98 Å². The molecule has 0 bridgehead atoms. The van der Waals surface area contributed by atoms with Gasteiger partial charge in [-0.05, 0) is 17.7 Å². The molecule has 118 valence electrons. The topological polar surface area (TPSA) is 56.3 Å². The van der Waals surface area contributed by atoms with Gasteiger partial charge in [0.15, 0.2) is 9.84 Å². The average molecular weight is 345 g/mol. The van der Waals surface area contributed by atoms with Gasteiger partial charge in [0.25, 0.3) is 0 Å². The lowest BCUT2D eigenvalue weighted by molar-refractivity contribution is 0.402. The summed E-state index contributed by atoms with van der Waals surface area (Å²) in [6, 6.07) is 16.6. The fourth-order valence-electron chi connectivity index (χ4n) is 2.18. The van der Waals surface area contributed by atoms with E-state index in [1.807, 2.05) is 30.3 Å². The molecule has 1 heterocycles. The fourth-order valence-corrected chi connectivity index (χ4v) is 3.86. The lowest BCUT2D eigenvalue weighted by atomic mass is 10.2. The van der Waals surface area contributed by atoms with E-state index in [-0.39, 0.29) is 0 Å². The normalized spacial score (nSPS) is 11.4. The van der Waals surface area contributed by atoms with E-state index < -0.39 is 9.84 Å². The molecule has 3 aromatic rings. The molecule has 0 spiro atoms. The van der Waals surface area contributed by atoms with Crippen LogP contribution in [0.3, 0.4) is 0 Å². The van der Waals surface area contributed by atoms with E-state index in [0.717, 1.165) is 21.0 Å². The van der Waals surface area contributed by atoms with Crippen molar-refractivity contribution >= 4 is 21.2 Å². The molecule has 0 fully saturated rings. The van der Waals surface area contributed by atoms with Gasteiger partial charge in [0, 0.05) is 11.8 Å². The molecule has 0 N–H and O–H groups in total. The summed E-state index contributed by atoms with van der Waals surface area (Å²) >= 11 is 1.52. The van der Waals surface area contributed by atoms with Crippen molar-refractivity contribution in [1.29, 1.82) is 0 Å². The molecule has 0 aliphatic rings. The van der Waals surface area contributed by atoms with Gasteiger partial charge in [0.05, 0.1) is 16.9 Å². The van der Waals surface area contributed by atoms with Gasteiger partial charge in [-0.1, -0.05) is 42.5 Å². The number of thiazole rings is 1. The minimum Gasteiger partial charge on any atom is -0.480 e. The minimum atomic E-state index is -3.20. The quantitative estimate of drug-likeness (QED) is 0.720. The first-order valence-corrected chi connectivity index (χ1v) is 9.60. The monoisotopic (exact) mass is 345 g/mol. The van der Waals surface area contributed by atoms with E-state index in [1.54, 1.807) is 31.4 Å². The molecule has 3 rings (SSSR count). The maximum atomic E-state index is 11.6. The van der Waals surface area contributed by atoms with Crippen molar-refractivity contribution < 1.29 is 13.2 Å². The molecule has 0 unspecified atom stereocenters. The van der Waals surface area contributed by atoms with Crippen LogP contribution < -0.4 is 4.74 Å². The lowest BCUT2D eigenvalue weighted by Crippen LogP contribution is -1.96. The van der Waals surface area contributed by atoms with Crippen molar-refractivity contribution in [2.45, 2.75) is 4.90 Å². The lowest BCUT2D eigenvalue weighted by Gasteiger charge is -2.02. The smallest absolute Gasteiger partial charge is 0.232 e. The number of nitrogens with zero attached hydrogens (tertiary/aromatic N) is 1. The number of ether oxygens (including phenoxy) is 1. The largest absolute Gasteiger partial charge is 0.480 e. The van der Waals surface area contributed by atoms with E-state index in [0.29, 0.717) is 10.8 Å². The second-order valence-corrected chi connectivity index (χ2v) is 8.03. The molecule has 1 aromatic heterocycles. The Morgan fingerprint density at radius 2 is 1.61 bits per heavy atom. The summed E-state index contributed by atoms with van der Waals surface area (Å²) in [4.78, 5) is 5.70. The van der Waals surface area contributed by atoms with Crippen LogP contribution in [0.15, 0.2) is 59.5 Å². The summed E-state index contributed by atoms with van der Waals surface area (Å²) in [6.07, 6.45) is 1.20. The second-order valence-electron chi connectivity index (χ2n) is 5.02. The molecule has 2 aromatic carbocycles. The number of rotatable bonds is 4. The van der Waals surface area contributed by atoms with Gasteiger partial charge in [-0.2, -0.15) is 0 Å². The summed E-state index contributed by atoms with van der Waals surface area (Å²) < 4.78 is 28.5. The maximum absolute atomic E-state index is 11.6. The van der Waals surface area contributed by atoms with Gasteiger partial charge in [-0.3, -0.25) is 0 Å².